The van der Waals surface area contributed by atoms with Crippen molar-refractivity contribution in [3.8, 4) is 0 Å². The zero-order valence-corrected chi connectivity index (χ0v) is 13.4. The standard InChI is InChI=1S/C9H10BF3NOS.K/c11-10(12,13)6-14-7-4-5-16-8(7)2-1-3-9(14)15;/h4-5H,1-3,6H2;/q-1;+1. The maximum atomic E-state index is 12.4. The molecule has 0 N–H and O–H groups in total. The van der Waals surface area contributed by atoms with Crippen molar-refractivity contribution >= 4 is 29.9 Å². The topological polar surface area (TPSA) is 20.3 Å². The van der Waals surface area contributed by atoms with Crippen molar-refractivity contribution < 1.29 is 69.1 Å². The summed E-state index contributed by atoms with van der Waals surface area (Å²) in [4.78, 5) is 13.4. The minimum atomic E-state index is -4.97. The summed E-state index contributed by atoms with van der Waals surface area (Å²) in [6, 6.07) is 1.60. The first-order valence-corrected chi connectivity index (χ1v) is 5.93. The molecule has 0 radical (unpaired) electrons. The molecule has 0 fully saturated rings. The molecule has 1 aromatic rings. The average molecular weight is 287 g/mol. The second kappa shape index (κ2) is 6.21. The predicted molar refractivity (Wildman–Crippen MR) is 58.7 cm³/mol. The maximum Gasteiger partial charge on any atom is 1.00 e. The van der Waals surface area contributed by atoms with Gasteiger partial charge >= 0.3 is 58.4 Å². The first-order chi connectivity index (χ1) is 7.47. The van der Waals surface area contributed by atoms with E-state index in [-0.39, 0.29) is 57.8 Å². The normalized spacial score (nSPS) is 16.2. The fourth-order valence-corrected chi connectivity index (χ4v) is 2.76. The zero-order chi connectivity index (χ0) is 11.8. The number of hydrogen-bond donors (Lipinski definition) is 0. The Morgan fingerprint density at radius 1 is 1.35 bits per heavy atom. The Balaban J connectivity index is 0.00000144. The summed E-state index contributed by atoms with van der Waals surface area (Å²) < 4.78 is 37.3. The number of carbonyl (C=O) groups excluding carboxylic acids is 1. The zero-order valence-electron chi connectivity index (χ0n) is 9.46. The van der Waals surface area contributed by atoms with Crippen LogP contribution in [0.25, 0.3) is 0 Å². The molecule has 0 saturated heterocycles. The van der Waals surface area contributed by atoms with E-state index in [0.717, 1.165) is 9.78 Å². The van der Waals surface area contributed by atoms with Gasteiger partial charge in [-0.15, -0.1) is 11.3 Å². The van der Waals surface area contributed by atoms with Gasteiger partial charge in [0.2, 0.25) is 5.91 Å². The summed E-state index contributed by atoms with van der Waals surface area (Å²) in [5, 5.41) is 1.74. The largest absolute Gasteiger partial charge is 1.00 e. The van der Waals surface area contributed by atoms with Crippen molar-refractivity contribution in [2.45, 2.75) is 19.3 Å². The summed E-state index contributed by atoms with van der Waals surface area (Å²) >= 11 is 1.42. The third-order valence-electron chi connectivity index (χ3n) is 2.50. The second-order valence-corrected chi connectivity index (χ2v) is 4.80. The number of carbonyl (C=O) groups is 1. The molecule has 1 aliphatic rings. The van der Waals surface area contributed by atoms with Crippen LogP contribution < -0.4 is 56.3 Å². The van der Waals surface area contributed by atoms with Crippen LogP contribution in [0.1, 0.15) is 17.7 Å². The number of nitrogens with zero attached hydrogens (tertiary/aromatic N) is 1. The number of fused-ring (bicyclic) bond motifs is 1. The van der Waals surface area contributed by atoms with E-state index < -0.39 is 19.3 Å². The van der Waals surface area contributed by atoms with E-state index in [1.807, 2.05) is 0 Å². The van der Waals surface area contributed by atoms with Crippen LogP contribution in [0, 0.1) is 0 Å². The van der Waals surface area contributed by atoms with Gasteiger partial charge in [0.25, 0.3) is 0 Å². The van der Waals surface area contributed by atoms with E-state index in [1.165, 1.54) is 11.3 Å². The van der Waals surface area contributed by atoms with E-state index in [0.29, 0.717) is 18.5 Å². The summed E-state index contributed by atoms with van der Waals surface area (Å²) in [5.74, 6) is -0.420. The molecular weight excluding hydrogens is 277 g/mol. The minimum absolute atomic E-state index is 0. The first-order valence-electron chi connectivity index (χ1n) is 5.05. The summed E-state index contributed by atoms with van der Waals surface area (Å²) in [6.07, 6.45) is 0.407. The SMILES string of the molecule is O=C1CCCc2sccc2N1C[B-](F)(F)F.[K+]. The Morgan fingerprint density at radius 3 is 2.71 bits per heavy atom. The van der Waals surface area contributed by atoms with E-state index in [2.05, 4.69) is 0 Å². The Morgan fingerprint density at radius 2 is 2.06 bits per heavy atom. The van der Waals surface area contributed by atoms with Crippen LogP contribution in [-0.4, -0.2) is 19.3 Å². The van der Waals surface area contributed by atoms with Crippen LogP contribution in [0.5, 0.6) is 0 Å². The average Bonchev–Trinajstić information content (AvgIpc) is 2.56. The molecule has 8 heteroatoms. The summed E-state index contributed by atoms with van der Waals surface area (Å²) in [7, 11) is 0. The van der Waals surface area contributed by atoms with E-state index in [1.54, 1.807) is 11.4 Å². The van der Waals surface area contributed by atoms with Crippen molar-refractivity contribution in [2.75, 3.05) is 11.3 Å². The van der Waals surface area contributed by atoms with Crippen molar-refractivity contribution in [1.29, 1.82) is 0 Å². The molecule has 0 saturated carbocycles. The number of rotatable bonds is 2. The monoisotopic (exact) mass is 287 g/mol. The quantitative estimate of drug-likeness (QED) is 0.690. The van der Waals surface area contributed by atoms with Gasteiger partial charge in [-0.05, 0) is 30.7 Å². The Hall–Kier alpha value is 0.661. The van der Waals surface area contributed by atoms with E-state index in [9.17, 15) is 17.7 Å². The van der Waals surface area contributed by atoms with Crippen LogP contribution in [0.3, 0.4) is 0 Å². The summed E-state index contributed by atoms with van der Waals surface area (Å²) in [5.41, 5.74) is 0.451. The molecule has 0 aromatic carbocycles. The van der Waals surface area contributed by atoms with Gasteiger partial charge in [0, 0.05) is 11.3 Å². The van der Waals surface area contributed by atoms with Gasteiger partial charge < -0.3 is 17.8 Å². The number of thiophene rings is 1. The van der Waals surface area contributed by atoms with Crippen LogP contribution in [-0.2, 0) is 11.2 Å². The van der Waals surface area contributed by atoms with Crippen molar-refractivity contribution in [3.63, 3.8) is 0 Å². The number of anilines is 1. The van der Waals surface area contributed by atoms with Gasteiger partial charge in [0.15, 0.2) is 0 Å². The molecule has 0 aliphatic carbocycles. The molecule has 1 aromatic heterocycles. The van der Waals surface area contributed by atoms with Crippen molar-refractivity contribution in [2.24, 2.45) is 0 Å². The molecule has 1 amide bonds. The van der Waals surface area contributed by atoms with E-state index in [4.69, 9.17) is 0 Å². The van der Waals surface area contributed by atoms with Crippen LogP contribution in [0.4, 0.5) is 18.6 Å². The van der Waals surface area contributed by atoms with Gasteiger partial charge in [-0.1, -0.05) is 0 Å². The minimum Gasteiger partial charge on any atom is -0.448 e. The molecule has 17 heavy (non-hydrogen) atoms. The molecule has 88 valence electrons. The third kappa shape index (κ3) is 4.07. The second-order valence-electron chi connectivity index (χ2n) is 3.80. The van der Waals surface area contributed by atoms with Gasteiger partial charge in [0.05, 0.1) is 5.69 Å². The molecule has 0 atom stereocenters. The summed E-state index contributed by atoms with van der Waals surface area (Å²) in [6.45, 7) is -4.97. The van der Waals surface area contributed by atoms with Gasteiger partial charge in [-0.3, -0.25) is 4.79 Å². The fraction of sp³-hybridized carbons (Fsp3) is 0.444. The number of aryl methyl sites for hydroxylation is 1. The number of halogens is 3. The van der Waals surface area contributed by atoms with Gasteiger partial charge in [-0.25, -0.2) is 0 Å². The van der Waals surface area contributed by atoms with E-state index >= 15 is 0 Å². The number of amides is 1. The third-order valence-corrected chi connectivity index (χ3v) is 3.47. The molecule has 1 aliphatic heterocycles. The van der Waals surface area contributed by atoms with Crippen LogP contribution >= 0.6 is 11.3 Å². The first kappa shape index (κ1) is 15.7. The Bertz CT molecular complexity index is 409. The van der Waals surface area contributed by atoms with Gasteiger partial charge in [0.1, 0.15) is 0 Å². The number of hydrogen-bond acceptors (Lipinski definition) is 2. The molecule has 2 rings (SSSR count). The van der Waals surface area contributed by atoms with Crippen LogP contribution in [0.2, 0.25) is 0 Å². The molecule has 2 heterocycles. The van der Waals surface area contributed by atoms with Crippen molar-refractivity contribution in [1.82, 2.24) is 0 Å². The molecule has 2 nitrogen and oxygen atoms in total. The predicted octanol–water partition coefficient (Wildman–Crippen LogP) is -0.192. The Kier molecular flexibility index (Phi) is 5.74. The molecular formula is C9H10BF3KNOS. The van der Waals surface area contributed by atoms with Gasteiger partial charge in [-0.2, -0.15) is 0 Å². The van der Waals surface area contributed by atoms with Crippen LogP contribution in [0.15, 0.2) is 11.4 Å². The molecule has 0 bridgehead atoms. The molecule has 0 unspecified atom stereocenters. The molecule has 0 spiro atoms. The smallest absolute Gasteiger partial charge is 0.448 e. The Labute approximate surface area is 144 Å². The fourth-order valence-electron chi connectivity index (χ4n) is 1.84. The van der Waals surface area contributed by atoms with Crippen molar-refractivity contribution in [3.05, 3.63) is 16.3 Å². The maximum absolute atomic E-state index is 12.4.